The van der Waals surface area contributed by atoms with E-state index in [0.29, 0.717) is 22.7 Å². The van der Waals surface area contributed by atoms with Crippen LogP contribution in [0.15, 0.2) is 48.5 Å². The number of carbonyl (C=O) groups excluding carboxylic acids is 4. The minimum absolute atomic E-state index is 0.128. The van der Waals surface area contributed by atoms with Crippen LogP contribution in [0.25, 0.3) is 0 Å². The summed E-state index contributed by atoms with van der Waals surface area (Å²) < 4.78 is 5.09. The van der Waals surface area contributed by atoms with E-state index < -0.39 is 17.5 Å². The Kier molecular flexibility index (Phi) is 5.56. The van der Waals surface area contributed by atoms with Gasteiger partial charge in [-0.2, -0.15) is 0 Å². The number of methoxy groups -OCH3 is 1. The molecule has 0 aromatic heterocycles. The minimum Gasteiger partial charge on any atom is -0.497 e. The molecule has 2 aromatic carbocycles. The Labute approximate surface area is 185 Å². The number of benzene rings is 2. The molecule has 1 atom stereocenters. The lowest BCUT2D eigenvalue weighted by atomic mass is 9.96. The summed E-state index contributed by atoms with van der Waals surface area (Å²) in [6.07, 6.45) is 1.78. The number of nitrogens with zero attached hydrogens (tertiary/aromatic N) is 1. The lowest BCUT2D eigenvalue weighted by Crippen LogP contribution is -2.46. The van der Waals surface area contributed by atoms with E-state index in [0.717, 1.165) is 17.7 Å². The summed E-state index contributed by atoms with van der Waals surface area (Å²) in [7, 11) is 1.57. The third-order valence-corrected chi connectivity index (χ3v) is 5.78. The third-order valence-electron chi connectivity index (χ3n) is 5.78. The quantitative estimate of drug-likeness (QED) is 0.577. The van der Waals surface area contributed by atoms with Crippen LogP contribution in [-0.4, -0.2) is 47.8 Å². The number of rotatable bonds is 7. The van der Waals surface area contributed by atoms with Crippen molar-refractivity contribution in [3.63, 3.8) is 0 Å². The first-order valence-electron chi connectivity index (χ1n) is 10.3. The van der Waals surface area contributed by atoms with Gasteiger partial charge < -0.3 is 20.7 Å². The number of ether oxygens (including phenoxy) is 1. The second-order valence-corrected chi connectivity index (χ2v) is 8.11. The first-order chi connectivity index (χ1) is 15.3. The maximum Gasteiger partial charge on any atom is 0.325 e. The fraction of sp³-hybridized carbons (Fsp3) is 0.304. The van der Waals surface area contributed by atoms with Crippen molar-refractivity contribution in [3.8, 4) is 5.75 Å². The van der Waals surface area contributed by atoms with Crippen LogP contribution in [0.1, 0.15) is 30.1 Å². The molecule has 9 nitrogen and oxygen atoms in total. The molecule has 1 saturated heterocycles. The molecule has 1 heterocycles. The fourth-order valence-corrected chi connectivity index (χ4v) is 3.72. The second-order valence-electron chi connectivity index (χ2n) is 8.11. The van der Waals surface area contributed by atoms with Gasteiger partial charge in [0.15, 0.2) is 0 Å². The van der Waals surface area contributed by atoms with Gasteiger partial charge in [0.2, 0.25) is 5.91 Å². The van der Waals surface area contributed by atoms with Gasteiger partial charge in [0.05, 0.1) is 7.11 Å². The van der Waals surface area contributed by atoms with E-state index in [9.17, 15) is 19.2 Å². The van der Waals surface area contributed by atoms with Gasteiger partial charge in [-0.25, -0.2) is 4.79 Å². The van der Waals surface area contributed by atoms with Gasteiger partial charge in [0, 0.05) is 16.9 Å². The molecule has 166 valence electrons. The first kappa shape index (κ1) is 21.4. The molecule has 2 fully saturated rings. The number of amides is 5. The zero-order valence-corrected chi connectivity index (χ0v) is 17.8. The van der Waals surface area contributed by atoms with E-state index in [1.165, 1.54) is 0 Å². The third kappa shape index (κ3) is 4.27. The predicted molar refractivity (Wildman–Crippen MR) is 117 cm³/mol. The molecule has 3 N–H and O–H groups in total. The molecule has 0 spiro atoms. The second kappa shape index (κ2) is 8.33. The predicted octanol–water partition coefficient (Wildman–Crippen LogP) is 2.61. The summed E-state index contributed by atoms with van der Waals surface area (Å²) in [5, 5.41) is 8.14. The topological polar surface area (TPSA) is 117 Å². The van der Waals surface area contributed by atoms with Crippen molar-refractivity contribution in [1.82, 2.24) is 10.2 Å². The summed E-state index contributed by atoms with van der Waals surface area (Å²) in [5.74, 6) is -0.349. The number of hydrogen-bond acceptors (Lipinski definition) is 5. The van der Waals surface area contributed by atoms with Crippen LogP contribution in [0, 0.1) is 5.92 Å². The Morgan fingerprint density at radius 3 is 2.22 bits per heavy atom. The Hall–Kier alpha value is -3.88. The number of hydrogen-bond donors (Lipinski definition) is 3. The van der Waals surface area contributed by atoms with Gasteiger partial charge in [-0.05, 0) is 74.2 Å². The SMILES string of the molecule is COc1ccc(NC(=O)c2ccc(NC(=O)CN3C(=O)NC(C)(C4CC4)C3=O)cc2)cc1. The number of imide groups is 1. The number of nitrogens with one attached hydrogen (secondary N) is 3. The molecular formula is C23H24N4O5. The van der Waals surface area contributed by atoms with Gasteiger partial charge in [-0.1, -0.05) is 0 Å². The summed E-state index contributed by atoms with van der Waals surface area (Å²) in [6.45, 7) is 1.34. The molecule has 2 aromatic rings. The number of urea groups is 1. The summed E-state index contributed by atoms with van der Waals surface area (Å²) >= 11 is 0. The van der Waals surface area contributed by atoms with Crippen LogP contribution >= 0.6 is 0 Å². The van der Waals surface area contributed by atoms with Crippen LogP contribution < -0.4 is 20.7 Å². The standard InChI is InChI=1S/C23H24N4O5/c1-23(15-5-6-15)21(30)27(22(31)26-23)13-19(28)24-16-7-3-14(4-8-16)20(29)25-17-9-11-18(32-2)12-10-17/h3-4,7-12,15H,5-6,13H2,1-2H3,(H,24,28)(H,25,29)(H,26,31). The van der Waals surface area contributed by atoms with Crippen LogP contribution in [0.3, 0.4) is 0 Å². The molecule has 0 radical (unpaired) electrons. The lowest BCUT2D eigenvalue weighted by Gasteiger charge is -2.20. The molecule has 1 aliphatic carbocycles. The zero-order valence-electron chi connectivity index (χ0n) is 17.8. The Morgan fingerprint density at radius 1 is 1.03 bits per heavy atom. The molecule has 1 saturated carbocycles. The highest BCUT2D eigenvalue weighted by Gasteiger charge is 2.56. The van der Waals surface area contributed by atoms with Crippen molar-refractivity contribution in [2.75, 3.05) is 24.3 Å². The first-order valence-corrected chi connectivity index (χ1v) is 10.3. The van der Waals surface area contributed by atoms with Gasteiger partial charge in [0.1, 0.15) is 17.8 Å². The average molecular weight is 436 g/mol. The lowest BCUT2D eigenvalue weighted by molar-refractivity contribution is -0.134. The molecule has 9 heteroatoms. The van der Waals surface area contributed by atoms with Crippen molar-refractivity contribution in [3.05, 3.63) is 54.1 Å². The molecule has 5 amide bonds. The van der Waals surface area contributed by atoms with E-state index in [1.807, 2.05) is 0 Å². The maximum atomic E-state index is 12.6. The largest absolute Gasteiger partial charge is 0.497 e. The summed E-state index contributed by atoms with van der Waals surface area (Å²) in [6, 6.07) is 12.7. The van der Waals surface area contributed by atoms with Crippen molar-refractivity contribution in [2.45, 2.75) is 25.3 Å². The molecule has 32 heavy (non-hydrogen) atoms. The molecule has 4 rings (SSSR count). The Morgan fingerprint density at radius 2 is 1.62 bits per heavy atom. The molecule has 1 aliphatic heterocycles. The van der Waals surface area contributed by atoms with E-state index >= 15 is 0 Å². The van der Waals surface area contributed by atoms with Crippen molar-refractivity contribution in [1.29, 1.82) is 0 Å². The molecular weight excluding hydrogens is 412 g/mol. The molecule has 0 bridgehead atoms. The van der Waals surface area contributed by atoms with Crippen molar-refractivity contribution >= 4 is 35.1 Å². The Bertz CT molecular complexity index is 1060. The smallest absolute Gasteiger partial charge is 0.325 e. The summed E-state index contributed by atoms with van der Waals surface area (Å²) in [4.78, 5) is 50.6. The molecule has 2 aliphatic rings. The highest BCUT2D eigenvalue weighted by atomic mass is 16.5. The van der Waals surface area contributed by atoms with E-state index in [2.05, 4.69) is 16.0 Å². The van der Waals surface area contributed by atoms with Crippen LogP contribution in [0.4, 0.5) is 16.2 Å². The number of carbonyl (C=O) groups is 4. The van der Waals surface area contributed by atoms with E-state index in [4.69, 9.17) is 4.74 Å². The van der Waals surface area contributed by atoms with Crippen molar-refractivity contribution < 1.29 is 23.9 Å². The zero-order chi connectivity index (χ0) is 22.9. The minimum atomic E-state index is -0.920. The van der Waals surface area contributed by atoms with Crippen LogP contribution in [-0.2, 0) is 9.59 Å². The van der Waals surface area contributed by atoms with Crippen LogP contribution in [0.5, 0.6) is 5.75 Å². The van der Waals surface area contributed by atoms with Gasteiger partial charge in [-0.15, -0.1) is 0 Å². The van der Waals surface area contributed by atoms with Gasteiger partial charge >= 0.3 is 6.03 Å². The summed E-state index contributed by atoms with van der Waals surface area (Å²) in [5.41, 5.74) is 0.567. The Balaban J connectivity index is 1.33. The fourth-order valence-electron chi connectivity index (χ4n) is 3.72. The highest BCUT2D eigenvalue weighted by Crippen LogP contribution is 2.42. The average Bonchev–Trinajstić information content (AvgIpc) is 3.61. The molecule has 1 unspecified atom stereocenters. The number of anilines is 2. The normalized spacial score (nSPS) is 20.0. The van der Waals surface area contributed by atoms with E-state index in [-0.39, 0.29) is 24.3 Å². The monoisotopic (exact) mass is 436 g/mol. The highest BCUT2D eigenvalue weighted by molar-refractivity contribution is 6.10. The van der Waals surface area contributed by atoms with Gasteiger partial charge in [0.25, 0.3) is 11.8 Å². The maximum absolute atomic E-state index is 12.6. The van der Waals surface area contributed by atoms with Crippen molar-refractivity contribution in [2.24, 2.45) is 5.92 Å². The van der Waals surface area contributed by atoms with Crippen LogP contribution in [0.2, 0.25) is 0 Å². The van der Waals surface area contributed by atoms with E-state index in [1.54, 1.807) is 62.6 Å². The van der Waals surface area contributed by atoms with Gasteiger partial charge in [-0.3, -0.25) is 19.3 Å².